The summed E-state index contributed by atoms with van der Waals surface area (Å²) in [7, 11) is 0. The van der Waals surface area contributed by atoms with Crippen molar-refractivity contribution in [1.29, 1.82) is 0 Å². The zero-order valence-corrected chi connectivity index (χ0v) is 22.9. The van der Waals surface area contributed by atoms with Crippen LogP contribution in [0, 0.1) is 0 Å². The largest absolute Gasteiger partial charge is 0.298 e. The first kappa shape index (κ1) is 24.3. The van der Waals surface area contributed by atoms with E-state index in [0.29, 0.717) is 5.56 Å². The number of aldehydes is 1. The van der Waals surface area contributed by atoms with Crippen LogP contribution in [0.1, 0.15) is 10.4 Å². The Bertz CT molecular complexity index is 2270. The predicted molar refractivity (Wildman–Crippen MR) is 178 cm³/mol. The summed E-state index contributed by atoms with van der Waals surface area (Å²) < 4.78 is 0. The lowest BCUT2D eigenvalue weighted by atomic mass is 9.84. The van der Waals surface area contributed by atoms with Crippen LogP contribution in [0.25, 0.3) is 76.5 Å². The molecule has 8 aromatic carbocycles. The van der Waals surface area contributed by atoms with E-state index >= 15 is 0 Å². The van der Waals surface area contributed by atoms with Crippen LogP contribution in [-0.2, 0) is 0 Å². The molecule has 0 unspecified atom stereocenters. The van der Waals surface area contributed by atoms with Crippen molar-refractivity contribution < 1.29 is 4.79 Å². The van der Waals surface area contributed by atoms with E-state index in [1.165, 1.54) is 65.3 Å². The summed E-state index contributed by atoms with van der Waals surface area (Å²) in [5, 5.41) is 9.82. The Morgan fingerprint density at radius 2 is 0.905 bits per heavy atom. The maximum absolute atomic E-state index is 11.5. The molecule has 0 N–H and O–H groups in total. The lowest BCUT2D eigenvalue weighted by molar-refractivity contribution is 0.112. The molecule has 8 aromatic rings. The topological polar surface area (TPSA) is 17.1 Å². The minimum atomic E-state index is 0.682. The van der Waals surface area contributed by atoms with Crippen molar-refractivity contribution in [3.05, 3.63) is 157 Å². The molecule has 8 rings (SSSR count). The van der Waals surface area contributed by atoms with Gasteiger partial charge in [-0.3, -0.25) is 4.79 Å². The molecule has 0 amide bonds. The van der Waals surface area contributed by atoms with E-state index in [1.54, 1.807) is 0 Å². The van der Waals surface area contributed by atoms with Crippen LogP contribution in [0.2, 0.25) is 0 Å². The quantitative estimate of drug-likeness (QED) is 0.162. The van der Waals surface area contributed by atoms with Crippen LogP contribution in [0.4, 0.5) is 0 Å². The molecule has 0 saturated heterocycles. The van der Waals surface area contributed by atoms with Crippen LogP contribution < -0.4 is 0 Å². The van der Waals surface area contributed by atoms with Gasteiger partial charge in [0.2, 0.25) is 0 Å². The van der Waals surface area contributed by atoms with Crippen molar-refractivity contribution in [3.63, 3.8) is 0 Å². The zero-order chi connectivity index (χ0) is 28.0. The molecule has 196 valence electrons. The van der Waals surface area contributed by atoms with Gasteiger partial charge < -0.3 is 0 Å². The molecule has 0 heterocycles. The zero-order valence-electron chi connectivity index (χ0n) is 22.9. The Balaban J connectivity index is 1.46. The highest BCUT2D eigenvalue weighted by atomic mass is 16.1. The Hall–Kier alpha value is -5.53. The van der Waals surface area contributed by atoms with Gasteiger partial charge in [0.05, 0.1) is 0 Å². The molecule has 0 spiro atoms. The van der Waals surface area contributed by atoms with Gasteiger partial charge in [-0.05, 0) is 88.6 Å². The highest BCUT2D eigenvalue weighted by Crippen LogP contribution is 2.46. The lowest BCUT2D eigenvalue weighted by Crippen LogP contribution is -1.92. The summed E-state index contributed by atoms with van der Waals surface area (Å²) in [4.78, 5) is 11.5. The summed E-state index contributed by atoms with van der Waals surface area (Å²) in [6, 6.07) is 53.9. The average Bonchev–Trinajstić information content (AvgIpc) is 3.06. The van der Waals surface area contributed by atoms with Crippen molar-refractivity contribution in [1.82, 2.24) is 0 Å². The van der Waals surface area contributed by atoms with E-state index < -0.39 is 0 Å². The maximum Gasteiger partial charge on any atom is 0.150 e. The summed E-state index contributed by atoms with van der Waals surface area (Å²) >= 11 is 0. The van der Waals surface area contributed by atoms with Crippen molar-refractivity contribution >= 4 is 49.4 Å². The average molecular weight is 535 g/mol. The highest BCUT2D eigenvalue weighted by molar-refractivity contribution is 6.24. The maximum atomic E-state index is 11.5. The number of hydrogen-bond donors (Lipinski definition) is 0. The molecule has 0 bridgehead atoms. The van der Waals surface area contributed by atoms with Crippen LogP contribution in [0.15, 0.2) is 152 Å². The van der Waals surface area contributed by atoms with Gasteiger partial charge in [0.25, 0.3) is 0 Å². The number of benzene rings is 8. The molecule has 0 radical (unpaired) electrons. The molecule has 0 aliphatic heterocycles. The minimum absolute atomic E-state index is 0.682. The van der Waals surface area contributed by atoms with Crippen molar-refractivity contribution in [2.75, 3.05) is 0 Å². The second-order valence-electron chi connectivity index (χ2n) is 10.9. The molecule has 0 aromatic heterocycles. The van der Waals surface area contributed by atoms with E-state index in [-0.39, 0.29) is 0 Å². The summed E-state index contributed by atoms with van der Waals surface area (Å²) in [5.74, 6) is 0. The van der Waals surface area contributed by atoms with Crippen LogP contribution in [-0.4, -0.2) is 6.29 Å². The SMILES string of the molecule is O=Cc1cccc(-c2cccc3c(-c4c5ccccc5c(-c5ccc6ccccc6c5)c5ccccc45)cccc23)c1. The van der Waals surface area contributed by atoms with Gasteiger partial charge in [-0.2, -0.15) is 0 Å². The molecule has 0 aliphatic rings. The third-order valence-electron chi connectivity index (χ3n) is 8.49. The molecular weight excluding hydrogens is 508 g/mol. The fourth-order valence-corrected chi connectivity index (χ4v) is 6.63. The Morgan fingerprint density at radius 1 is 0.357 bits per heavy atom. The fraction of sp³-hybridized carbons (Fsp3) is 0. The van der Waals surface area contributed by atoms with Gasteiger partial charge >= 0.3 is 0 Å². The van der Waals surface area contributed by atoms with Crippen molar-refractivity contribution in [3.8, 4) is 33.4 Å². The van der Waals surface area contributed by atoms with E-state index in [1.807, 2.05) is 18.2 Å². The third-order valence-corrected chi connectivity index (χ3v) is 8.49. The van der Waals surface area contributed by atoms with Crippen LogP contribution in [0.5, 0.6) is 0 Å². The van der Waals surface area contributed by atoms with Crippen molar-refractivity contribution in [2.24, 2.45) is 0 Å². The van der Waals surface area contributed by atoms with Crippen LogP contribution >= 0.6 is 0 Å². The van der Waals surface area contributed by atoms with E-state index in [9.17, 15) is 4.79 Å². The number of hydrogen-bond acceptors (Lipinski definition) is 1. The fourth-order valence-electron chi connectivity index (χ4n) is 6.63. The smallest absolute Gasteiger partial charge is 0.150 e. The lowest BCUT2D eigenvalue weighted by Gasteiger charge is -2.19. The Morgan fingerprint density at radius 3 is 1.60 bits per heavy atom. The molecule has 0 saturated carbocycles. The monoisotopic (exact) mass is 534 g/mol. The van der Waals surface area contributed by atoms with Gasteiger partial charge in [-0.15, -0.1) is 0 Å². The molecule has 0 atom stereocenters. The Labute approximate surface area is 244 Å². The molecule has 1 nitrogen and oxygen atoms in total. The van der Waals surface area contributed by atoms with Gasteiger partial charge in [-0.1, -0.05) is 140 Å². The molecule has 0 fully saturated rings. The normalized spacial score (nSPS) is 11.4. The van der Waals surface area contributed by atoms with Gasteiger partial charge in [0.15, 0.2) is 0 Å². The van der Waals surface area contributed by atoms with Crippen LogP contribution in [0.3, 0.4) is 0 Å². The second-order valence-corrected chi connectivity index (χ2v) is 10.9. The van der Waals surface area contributed by atoms with Gasteiger partial charge in [0, 0.05) is 5.56 Å². The van der Waals surface area contributed by atoms with E-state index in [0.717, 1.165) is 17.4 Å². The molecule has 1 heteroatoms. The summed E-state index contributed by atoms with van der Waals surface area (Å²) in [6.07, 6.45) is 0.912. The van der Waals surface area contributed by atoms with Crippen molar-refractivity contribution in [2.45, 2.75) is 0 Å². The first-order chi connectivity index (χ1) is 20.8. The first-order valence-corrected chi connectivity index (χ1v) is 14.3. The summed E-state index contributed by atoms with van der Waals surface area (Å²) in [5.41, 5.74) is 7.80. The van der Waals surface area contributed by atoms with E-state index in [2.05, 4.69) is 133 Å². The Kier molecular flexibility index (Phi) is 5.68. The number of carbonyl (C=O) groups is 1. The van der Waals surface area contributed by atoms with E-state index in [4.69, 9.17) is 0 Å². The summed E-state index contributed by atoms with van der Waals surface area (Å²) in [6.45, 7) is 0. The van der Waals surface area contributed by atoms with Gasteiger partial charge in [0.1, 0.15) is 6.29 Å². The number of fused-ring (bicyclic) bond motifs is 4. The second kappa shape index (κ2) is 9.83. The molecule has 0 aliphatic carbocycles. The minimum Gasteiger partial charge on any atom is -0.298 e. The van der Waals surface area contributed by atoms with Gasteiger partial charge in [-0.25, -0.2) is 0 Å². The molecular formula is C41H26O. The predicted octanol–water partition coefficient (Wildman–Crippen LogP) is 11.1. The third kappa shape index (κ3) is 3.83. The molecule has 42 heavy (non-hydrogen) atoms. The number of rotatable bonds is 4. The number of carbonyl (C=O) groups excluding carboxylic acids is 1. The first-order valence-electron chi connectivity index (χ1n) is 14.3. The highest BCUT2D eigenvalue weighted by Gasteiger charge is 2.18. The standard InChI is InChI=1S/C41H26O/c42-26-27-10-7-13-30(24-27)32-18-8-20-34-33(32)19-9-21-35(34)41-38-16-5-3-14-36(38)40(37-15-4-6-17-39(37)41)31-23-22-28-11-1-2-12-29(28)25-31/h1-26H.